The van der Waals surface area contributed by atoms with Crippen LogP contribution in [0.15, 0.2) is 36.4 Å². The number of nitrogens with zero attached hydrogens (tertiary/aromatic N) is 2. The van der Waals surface area contributed by atoms with Crippen LogP contribution in [0.4, 0.5) is 17.1 Å². The van der Waals surface area contributed by atoms with Gasteiger partial charge in [0.25, 0.3) is 0 Å². The molecule has 4 rings (SSSR count). The molecule has 2 aromatic rings. The highest BCUT2D eigenvalue weighted by atomic mass is 35.5. The van der Waals surface area contributed by atoms with Gasteiger partial charge >= 0.3 is 0 Å². The maximum atomic E-state index is 12.9. The number of halogens is 1. The average Bonchev–Trinajstić information content (AvgIpc) is 3.39. The minimum absolute atomic E-state index is 0.0566. The Labute approximate surface area is 191 Å². The smallest absolute Gasteiger partial charge is 0.229 e. The van der Waals surface area contributed by atoms with Crippen LogP contribution in [-0.4, -0.2) is 45.0 Å². The maximum Gasteiger partial charge on any atom is 0.229 e. The van der Waals surface area contributed by atoms with Gasteiger partial charge in [-0.25, -0.2) is 0 Å². The van der Waals surface area contributed by atoms with Crippen molar-refractivity contribution in [2.24, 2.45) is 5.92 Å². The monoisotopic (exact) mass is 457 g/mol. The summed E-state index contributed by atoms with van der Waals surface area (Å²) in [7, 11) is 3.04. The zero-order valence-electron chi connectivity index (χ0n) is 17.9. The highest BCUT2D eigenvalue weighted by Gasteiger charge is 2.36. The van der Waals surface area contributed by atoms with Crippen LogP contribution in [0.3, 0.4) is 0 Å². The number of ether oxygens (including phenoxy) is 2. The Morgan fingerprint density at radius 2 is 1.78 bits per heavy atom. The molecule has 2 aliphatic rings. The second-order valence-electron chi connectivity index (χ2n) is 7.75. The number of hydrogen-bond donors (Lipinski definition) is 1. The topological polar surface area (TPSA) is 88.2 Å². The standard InChI is InChI=1S/C23H24ClN3O5/c1-31-19-8-5-15(24)11-18(19)27-13-14(10-22(27)29)23(30)25-16-6-7-17(20(12-16)32-2)26-9-3-4-21(26)28/h5-8,11-12,14H,3-4,9-10,13H2,1-2H3,(H,25,30)/t14-/m0/s1. The zero-order chi connectivity index (χ0) is 22.8. The third kappa shape index (κ3) is 4.23. The van der Waals surface area contributed by atoms with Crippen molar-refractivity contribution in [2.75, 3.05) is 42.4 Å². The molecule has 2 aromatic carbocycles. The van der Waals surface area contributed by atoms with E-state index in [4.69, 9.17) is 21.1 Å². The van der Waals surface area contributed by atoms with Crippen molar-refractivity contribution in [3.63, 3.8) is 0 Å². The average molecular weight is 458 g/mol. The summed E-state index contributed by atoms with van der Waals surface area (Å²) < 4.78 is 10.8. The highest BCUT2D eigenvalue weighted by molar-refractivity contribution is 6.31. The fourth-order valence-corrected chi connectivity index (χ4v) is 4.28. The van der Waals surface area contributed by atoms with E-state index < -0.39 is 5.92 Å². The number of benzene rings is 2. The van der Waals surface area contributed by atoms with Crippen molar-refractivity contribution in [2.45, 2.75) is 19.3 Å². The van der Waals surface area contributed by atoms with Crippen LogP contribution in [0.25, 0.3) is 0 Å². The molecule has 0 unspecified atom stereocenters. The molecule has 8 nitrogen and oxygen atoms in total. The first-order valence-corrected chi connectivity index (χ1v) is 10.7. The summed E-state index contributed by atoms with van der Waals surface area (Å²) in [6, 6.07) is 10.2. The summed E-state index contributed by atoms with van der Waals surface area (Å²) in [6.45, 7) is 0.868. The molecule has 32 heavy (non-hydrogen) atoms. The lowest BCUT2D eigenvalue weighted by atomic mass is 10.1. The molecule has 0 radical (unpaired) electrons. The Kier molecular flexibility index (Phi) is 6.23. The largest absolute Gasteiger partial charge is 0.495 e. The molecule has 2 fully saturated rings. The lowest BCUT2D eigenvalue weighted by molar-refractivity contribution is -0.122. The van der Waals surface area contributed by atoms with Crippen LogP contribution >= 0.6 is 11.6 Å². The van der Waals surface area contributed by atoms with E-state index in [1.165, 1.54) is 19.1 Å². The third-order valence-electron chi connectivity index (χ3n) is 5.74. The maximum absolute atomic E-state index is 12.9. The first-order chi connectivity index (χ1) is 15.4. The van der Waals surface area contributed by atoms with Gasteiger partial charge in [-0.05, 0) is 36.8 Å². The van der Waals surface area contributed by atoms with Gasteiger partial charge in [-0.1, -0.05) is 11.6 Å². The van der Waals surface area contributed by atoms with Crippen molar-refractivity contribution >= 4 is 46.4 Å². The molecule has 168 valence electrons. The summed E-state index contributed by atoms with van der Waals surface area (Å²) in [4.78, 5) is 40.8. The summed E-state index contributed by atoms with van der Waals surface area (Å²) in [5, 5.41) is 3.34. The van der Waals surface area contributed by atoms with Gasteiger partial charge in [0.15, 0.2) is 0 Å². The van der Waals surface area contributed by atoms with Crippen LogP contribution in [0.1, 0.15) is 19.3 Å². The predicted molar refractivity (Wildman–Crippen MR) is 122 cm³/mol. The number of methoxy groups -OCH3 is 2. The molecule has 1 atom stereocenters. The summed E-state index contributed by atoms with van der Waals surface area (Å²) in [5.74, 6) is 0.102. The molecule has 2 aliphatic heterocycles. The van der Waals surface area contributed by atoms with Gasteiger partial charge in [-0.15, -0.1) is 0 Å². The molecular weight excluding hydrogens is 434 g/mol. The molecule has 0 saturated carbocycles. The number of anilines is 3. The van der Waals surface area contributed by atoms with Crippen molar-refractivity contribution in [1.29, 1.82) is 0 Å². The minimum Gasteiger partial charge on any atom is -0.495 e. The predicted octanol–water partition coefficient (Wildman–Crippen LogP) is 3.48. The molecule has 3 amide bonds. The van der Waals surface area contributed by atoms with Crippen molar-refractivity contribution < 1.29 is 23.9 Å². The van der Waals surface area contributed by atoms with Crippen LogP contribution in [0.5, 0.6) is 11.5 Å². The van der Waals surface area contributed by atoms with Crippen LogP contribution in [-0.2, 0) is 14.4 Å². The molecule has 0 aromatic heterocycles. The quantitative estimate of drug-likeness (QED) is 0.717. The SMILES string of the molecule is COc1cc(NC(=O)[C@H]2CC(=O)N(c3cc(Cl)ccc3OC)C2)ccc1N1CCCC1=O. The van der Waals surface area contributed by atoms with Gasteiger partial charge in [0, 0.05) is 42.7 Å². The second-order valence-corrected chi connectivity index (χ2v) is 8.18. The van der Waals surface area contributed by atoms with E-state index >= 15 is 0 Å². The van der Waals surface area contributed by atoms with E-state index in [2.05, 4.69) is 5.32 Å². The number of rotatable bonds is 6. The Balaban J connectivity index is 1.48. The van der Waals surface area contributed by atoms with Crippen molar-refractivity contribution in [3.8, 4) is 11.5 Å². The third-order valence-corrected chi connectivity index (χ3v) is 5.97. The molecule has 0 aliphatic carbocycles. The number of carbonyl (C=O) groups is 3. The van der Waals surface area contributed by atoms with Gasteiger partial charge in [-0.2, -0.15) is 0 Å². The Bertz CT molecular complexity index is 1070. The Morgan fingerprint density at radius 3 is 2.47 bits per heavy atom. The first-order valence-electron chi connectivity index (χ1n) is 10.3. The highest BCUT2D eigenvalue weighted by Crippen LogP contribution is 2.36. The Morgan fingerprint density at radius 1 is 1.00 bits per heavy atom. The van der Waals surface area contributed by atoms with Crippen LogP contribution in [0.2, 0.25) is 5.02 Å². The van der Waals surface area contributed by atoms with E-state index in [1.54, 1.807) is 41.3 Å². The zero-order valence-corrected chi connectivity index (χ0v) is 18.6. The number of amides is 3. The van der Waals surface area contributed by atoms with Gasteiger partial charge in [-0.3, -0.25) is 14.4 Å². The number of hydrogen-bond acceptors (Lipinski definition) is 5. The molecule has 0 bridgehead atoms. The molecule has 1 N–H and O–H groups in total. The van der Waals surface area contributed by atoms with Gasteiger partial charge < -0.3 is 24.6 Å². The fraction of sp³-hybridized carbons (Fsp3) is 0.348. The normalized spacial score (nSPS) is 18.3. The van der Waals surface area contributed by atoms with Crippen molar-refractivity contribution in [3.05, 3.63) is 41.4 Å². The summed E-state index contributed by atoms with van der Waals surface area (Å²) >= 11 is 6.09. The molecule has 0 spiro atoms. The van der Waals surface area contributed by atoms with Crippen molar-refractivity contribution in [1.82, 2.24) is 0 Å². The molecule has 2 saturated heterocycles. The lowest BCUT2D eigenvalue weighted by Gasteiger charge is -2.21. The van der Waals surface area contributed by atoms with E-state index in [0.29, 0.717) is 46.5 Å². The molecule has 2 heterocycles. The Hall–Kier alpha value is -3.26. The van der Waals surface area contributed by atoms with Crippen LogP contribution < -0.4 is 24.6 Å². The van der Waals surface area contributed by atoms with E-state index in [1.807, 2.05) is 0 Å². The fourth-order valence-electron chi connectivity index (χ4n) is 4.12. The van der Waals surface area contributed by atoms with E-state index in [9.17, 15) is 14.4 Å². The van der Waals surface area contributed by atoms with Gasteiger partial charge in [0.05, 0.1) is 31.5 Å². The number of nitrogens with one attached hydrogen (secondary N) is 1. The van der Waals surface area contributed by atoms with E-state index in [-0.39, 0.29) is 30.7 Å². The molecule has 9 heteroatoms. The first kappa shape index (κ1) is 22.0. The van der Waals surface area contributed by atoms with E-state index in [0.717, 1.165) is 6.42 Å². The van der Waals surface area contributed by atoms with Crippen LogP contribution in [0, 0.1) is 5.92 Å². The lowest BCUT2D eigenvalue weighted by Crippen LogP contribution is -2.28. The molecular formula is C23H24ClN3O5. The minimum atomic E-state index is -0.531. The number of carbonyl (C=O) groups excluding carboxylic acids is 3. The van der Waals surface area contributed by atoms with Gasteiger partial charge in [0.2, 0.25) is 17.7 Å². The van der Waals surface area contributed by atoms with Gasteiger partial charge in [0.1, 0.15) is 11.5 Å². The second kappa shape index (κ2) is 9.08. The summed E-state index contributed by atoms with van der Waals surface area (Å²) in [5.41, 5.74) is 1.76. The summed E-state index contributed by atoms with van der Waals surface area (Å²) in [6.07, 6.45) is 1.41.